The second-order valence-electron chi connectivity index (χ2n) is 5.91. The summed E-state index contributed by atoms with van der Waals surface area (Å²) in [6.45, 7) is -0.347. The van der Waals surface area contributed by atoms with Crippen molar-refractivity contribution in [3.63, 3.8) is 0 Å². The van der Waals surface area contributed by atoms with Crippen LogP contribution < -0.4 is 5.32 Å². The Morgan fingerprint density at radius 3 is 2.71 bits per heavy atom. The zero-order valence-corrected chi connectivity index (χ0v) is 14.7. The molecule has 1 aromatic heterocycles. The van der Waals surface area contributed by atoms with Crippen LogP contribution in [0.4, 0.5) is 5.69 Å². The average molecular weight is 353 g/mol. The van der Waals surface area contributed by atoms with Crippen LogP contribution in [0.2, 0.25) is 0 Å². The summed E-state index contributed by atoms with van der Waals surface area (Å²) in [6.07, 6.45) is 7.32. The second kappa shape index (κ2) is 9.42. The van der Waals surface area contributed by atoms with Crippen LogP contribution in [0.1, 0.15) is 54.6 Å². The maximum absolute atomic E-state index is 11.8. The fraction of sp³-hybridized carbons (Fsp3) is 0.588. The van der Waals surface area contributed by atoms with Gasteiger partial charge < -0.3 is 14.8 Å². The van der Waals surface area contributed by atoms with Crippen molar-refractivity contribution in [1.82, 2.24) is 0 Å². The molecule has 1 heterocycles. The summed E-state index contributed by atoms with van der Waals surface area (Å²) in [5.74, 6) is -0.725. The van der Waals surface area contributed by atoms with Crippen LogP contribution in [0.3, 0.4) is 0 Å². The molecule has 0 unspecified atom stereocenters. The van der Waals surface area contributed by atoms with Crippen molar-refractivity contribution in [2.75, 3.05) is 19.0 Å². The first-order valence-electron chi connectivity index (χ1n) is 8.21. The van der Waals surface area contributed by atoms with Crippen LogP contribution in [-0.2, 0) is 19.1 Å². The molecule has 0 radical (unpaired) electrons. The summed E-state index contributed by atoms with van der Waals surface area (Å²) >= 11 is 1.18. The van der Waals surface area contributed by atoms with Gasteiger partial charge in [0.05, 0.1) is 12.8 Å². The van der Waals surface area contributed by atoms with E-state index in [-0.39, 0.29) is 12.6 Å². The Morgan fingerprint density at radius 1 is 1.25 bits per heavy atom. The highest BCUT2D eigenvalue weighted by atomic mass is 32.1. The quantitative estimate of drug-likeness (QED) is 0.760. The first-order valence-corrected chi connectivity index (χ1v) is 9.09. The molecule has 7 heteroatoms. The summed E-state index contributed by atoms with van der Waals surface area (Å²) < 4.78 is 9.65. The first kappa shape index (κ1) is 18.4. The topological polar surface area (TPSA) is 81.7 Å². The van der Waals surface area contributed by atoms with Gasteiger partial charge in [-0.3, -0.25) is 9.59 Å². The summed E-state index contributed by atoms with van der Waals surface area (Å²) in [5, 5.41) is 4.24. The molecule has 1 fully saturated rings. The van der Waals surface area contributed by atoms with Gasteiger partial charge in [0.15, 0.2) is 6.61 Å². The zero-order chi connectivity index (χ0) is 17.4. The molecule has 132 valence electrons. The van der Waals surface area contributed by atoms with Crippen molar-refractivity contribution in [2.24, 2.45) is 5.92 Å². The number of nitrogens with one attached hydrogen (secondary N) is 1. The molecule has 0 atom stereocenters. The van der Waals surface area contributed by atoms with E-state index >= 15 is 0 Å². The van der Waals surface area contributed by atoms with Gasteiger partial charge in [0.1, 0.15) is 4.88 Å². The number of esters is 2. The third kappa shape index (κ3) is 5.63. The summed E-state index contributed by atoms with van der Waals surface area (Å²) in [7, 11) is 1.28. The molecule has 1 aliphatic rings. The molecule has 0 spiro atoms. The minimum Gasteiger partial charge on any atom is -0.465 e. The highest BCUT2D eigenvalue weighted by Crippen LogP contribution is 2.27. The summed E-state index contributed by atoms with van der Waals surface area (Å²) in [6, 6.07) is 1.61. The minimum atomic E-state index is -0.509. The first-order chi connectivity index (χ1) is 11.6. The Kier molecular flexibility index (Phi) is 7.24. The number of ether oxygens (including phenoxy) is 2. The lowest BCUT2D eigenvalue weighted by Crippen LogP contribution is -2.22. The number of rotatable bonds is 7. The number of hydrogen-bond acceptors (Lipinski definition) is 6. The molecule has 1 N–H and O–H groups in total. The molecule has 0 aromatic carbocycles. The molecule has 1 saturated carbocycles. The molecule has 24 heavy (non-hydrogen) atoms. The molecule has 0 bridgehead atoms. The smallest absolute Gasteiger partial charge is 0.350 e. The maximum atomic E-state index is 11.8. The lowest BCUT2D eigenvalue weighted by atomic mass is 9.86. The van der Waals surface area contributed by atoms with Gasteiger partial charge >= 0.3 is 11.9 Å². The zero-order valence-electron chi connectivity index (χ0n) is 13.8. The summed E-state index contributed by atoms with van der Waals surface area (Å²) in [5.41, 5.74) is 0.370. The van der Waals surface area contributed by atoms with Crippen molar-refractivity contribution in [3.05, 3.63) is 16.3 Å². The normalized spacial score (nSPS) is 14.9. The molecule has 1 amide bonds. The van der Waals surface area contributed by atoms with Crippen LogP contribution in [-0.4, -0.2) is 31.6 Å². The number of carbonyl (C=O) groups is 3. The van der Waals surface area contributed by atoms with E-state index < -0.39 is 11.9 Å². The van der Waals surface area contributed by atoms with Crippen molar-refractivity contribution in [3.8, 4) is 0 Å². The van der Waals surface area contributed by atoms with Gasteiger partial charge in [0.2, 0.25) is 0 Å². The highest BCUT2D eigenvalue weighted by Gasteiger charge is 2.18. The van der Waals surface area contributed by atoms with Crippen molar-refractivity contribution >= 4 is 34.9 Å². The van der Waals surface area contributed by atoms with E-state index in [4.69, 9.17) is 4.74 Å². The van der Waals surface area contributed by atoms with Gasteiger partial charge in [-0.2, -0.15) is 0 Å². The van der Waals surface area contributed by atoms with Gasteiger partial charge in [-0.1, -0.05) is 32.1 Å². The SMILES string of the molecule is COC(=O)c1sccc1NC(=O)COC(=O)CCC1CCCCC1. The van der Waals surface area contributed by atoms with Crippen LogP contribution in [0.15, 0.2) is 11.4 Å². The second-order valence-corrected chi connectivity index (χ2v) is 6.82. The van der Waals surface area contributed by atoms with Gasteiger partial charge in [-0.05, 0) is 23.8 Å². The third-order valence-corrected chi connectivity index (χ3v) is 5.05. The van der Waals surface area contributed by atoms with E-state index in [2.05, 4.69) is 10.1 Å². The Balaban J connectivity index is 1.70. The predicted molar refractivity (Wildman–Crippen MR) is 91.1 cm³/mol. The van der Waals surface area contributed by atoms with E-state index in [1.165, 1.54) is 50.6 Å². The number of carbonyl (C=O) groups excluding carboxylic acids is 3. The van der Waals surface area contributed by atoms with Gasteiger partial charge in [-0.25, -0.2) is 4.79 Å². The Bertz CT molecular complexity index is 577. The van der Waals surface area contributed by atoms with E-state index in [1.54, 1.807) is 11.4 Å². The molecule has 1 aliphatic carbocycles. The van der Waals surface area contributed by atoms with E-state index in [9.17, 15) is 14.4 Å². The Hall–Kier alpha value is -1.89. The Labute approximate surface area is 145 Å². The van der Waals surface area contributed by atoms with E-state index in [0.29, 0.717) is 22.9 Å². The number of methoxy groups -OCH3 is 1. The molecule has 2 rings (SSSR count). The van der Waals surface area contributed by atoms with Crippen molar-refractivity contribution in [2.45, 2.75) is 44.9 Å². The van der Waals surface area contributed by atoms with Crippen LogP contribution in [0.5, 0.6) is 0 Å². The number of amides is 1. The van der Waals surface area contributed by atoms with E-state index in [1.807, 2.05) is 0 Å². The highest BCUT2D eigenvalue weighted by molar-refractivity contribution is 7.12. The van der Waals surface area contributed by atoms with Crippen molar-refractivity contribution < 1.29 is 23.9 Å². The fourth-order valence-corrected chi connectivity index (χ4v) is 3.63. The number of anilines is 1. The average Bonchev–Trinajstić information content (AvgIpc) is 3.06. The van der Waals surface area contributed by atoms with E-state index in [0.717, 1.165) is 6.42 Å². The Morgan fingerprint density at radius 2 is 2.00 bits per heavy atom. The largest absolute Gasteiger partial charge is 0.465 e. The number of thiophene rings is 1. The monoisotopic (exact) mass is 353 g/mol. The summed E-state index contributed by atoms with van der Waals surface area (Å²) in [4.78, 5) is 35.4. The van der Waals surface area contributed by atoms with Crippen LogP contribution in [0.25, 0.3) is 0 Å². The number of hydrogen-bond donors (Lipinski definition) is 1. The van der Waals surface area contributed by atoms with Crippen molar-refractivity contribution in [1.29, 1.82) is 0 Å². The third-order valence-electron chi connectivity index (χ3n) is 4.16. The molecule has 0 saturated heterocycles. The maximum Gasteiger partial charge on any atom is 0.350 e. The van der Waals surface area contributed by atoms with Crippen LogP contribution in [0, 0.1) is 5.92 Å². The predicted octanol–water partition coefficient (Wildman–Crippen LogP) is 3.38. The fourth-order valence-electron chi connectivity index (χ4n) is 2.86. The molecular weight excluding hydrogens is 330 g/mol. The molecule has 6 nitrogen and oxygen atoms in total. The van der Waals surface area contributed by atoms with Gasteiger partial charge in [-0.15, -0.1) is 11.3 Å². The van der Waals surface area contributed by atoms with Gasteiger partial charge in [0.25, 0.3) is 5.91 Å². The molecule has 0 aliphatic heterocycles. The standard InChI is InChI=1S/C17H23NO5S/c1-22-17(21)16-13(9-10-24-16)18-14(19)11-23-15(20)8-7-12-5-3-2-4-6-12/h9-10,12H,2-8,11H2,1H3,(H,18,19). The lowest BCUT2D eigenvalue weighted by molar-refractivity contribution is -0.147. The lowest BCUT2D eigenvalue weighted by Gasteiger charge is -2.20. The van der Waals surface area contributed by atoms with Crippen LogP contribution >= 0.6 is 11.3 Å². The molecule has 1 aromatic rings. The minimum absolute atomic E-state index is 0.314. The van der Waals surface area contributed by atoms with Gasteiger partial charge in [0, 0.05) is 6.42 Å². The molecular formula is C17H23NO5S.